The Morgan fingerprint density at radius 2 is 1.07 bits per heavy atom. The lowest BCUT2D eigenvalue weighted by molar-refractivity contribution is 0.258. The van der Waals surface area contributed by atoms with Crippen LogP contribution in [0.4, 0.5) is 0 Å². The van der Waals surface area contributed by atoms with E-state index in [0.717, 1.165) is 22.6 Å². The molecule has 0 saturated carbocycles. The predicted octanol–water partition coefficient (Wildman–Crippen LogP) is 3.95. The van der Waals surface area contributed by atoms with Crippen LogP contribution in [0.1, 0.15) is 25.0 Å². The molecule has 0 spiro atoms. The lowest BCUT2D eigenvalue weighted by Crippen LogP contribution is -2.08. The van der Waals surface area contributed by atoms with Crippen molar-refractivity contribution in [2.24, 2.45) is 0 Å². The Morgan fingerprint density at radius 1 is 0.704 bits per heavy atom. The van der Waals surface area contributed by atoms with E-state index in [0.29, 0.717) is 0 Å². The fourth-order valence-corrected chi connectivity index (χ4v) is 2.21. The van der Waals surface area contributed by atoms with E-state index in [1.165, 1.54) is 0 Å². The summed E-state index contributed by atoms with van der Waals surface area (Å²) in [5, 5.41) is 18.1. The first-order chi connectivity index (χ1) is 13.1. The third-order valence-electron chi connectivity index (χ3n) is 3.71. The highest BCUT2D eigenvalue weighted by molar-refractivity contribution is 5.28. The second kappa shape index (κ2) is 11.1. The number of aliphatic hydroxyl groups is 2. The van der Waals surface area contributed by atoms with E-state index in [4.69, 9.17) is 24.4 Å². The fourth-order valence-electron chi connectivity index (χ4n) is 2.21. The maximum absolute atomic E-state index is 9.03. The van der Waals surface area contributed by atoms with Crippen molar-refractivity contribution in [3.05, 3.63) is 84.3 Å². The Bertz CT molecular complexity index is 656. The molecule has 2 aromatic rings. The van der Waals surface area contributed by atoms with Crippen molar-refractivity contribution in [3.8, 4) is 11.5 Å². The van der Waals surface area contributed by atoms with Crippen LogP contribution in [-0.2, 0) is 18.0 Å². The second-order valence-electron chi connectivity index (χ2n) is 6.04. The number of hydrogen-bond donors (Lipinski definition) is 2. The van der Waals surface area contributed by atoms with Crippen LogP contribution >= 0.6 is 0 Å². The van der Waals surface area contributed by atoms with Gasteiger partial charge in [-0.05, 0) is 61.4 Å². The molecule has 0 amide bonds. The summed E-state index contributed by atoms with van der Waals surface area (Å²) in [5.41, 5.74) is 1.69. The van der Waals surface area contributed by atoms with E-state index < -0.39 is 0 Å². The zero-order valence-corrected chi connectivity index (χ0v) is 15.6. The Hall–Kier alpha value is -2.76. The van der Waals surface area contributed by atoms with E-state index in [1.54, 1.807) is 24.7 Å². The standard InChI is InChI=1S/C22H26O5/c1-17(26-21-7-3-19(15-23)4-8-21)11-13-25-14-12-18(2)27-22-9-5-20(16-24)6-10-22/h3-14,17-18,23-24H,15-16H2,1-2H3/b13-11+,14-12+. The van der Waals surface area contributed by atoms with Gasteiger partial charge in [-0.15, -0.1) is 0 Å². The fraction of sp³-hybridized carbons (Fsp3) is 0.273. The molecule has 0 aromatic heterocycles. The van der Waals surface area contributed by atoms with E-state index in [9.17, 15) is 0 Å². The summed E-state index contributed by atoms with van der Waals surface area (Å²) in [7, 11) is 0. The van der Waals surface area contributed by atoms with Crippen molar-refractivity contribution in [2.75, 3.05) is 0 Å². The normalized spacial score (nSPS) is 13.6. The third kappa shape index (κ3) is 7.56. The van der Waals surface area contributed by atoms with Crippen molar-refractivity contribution in [1.82, 2.24) is 0 Å². The largest absolute Gasteiger partial charge is 0.487 e. The topological polar surface area (TPSA) is 68.2 Å². The van der Waals surface area contributed by atoms with Crippen LogP contribution in [0.25, 0.3) is 0 Å². The quantitative estimate of drug-likeness (QED) is 0.620. The van der Waals surface area contributed by atoms with Gasteiger partial charge in [-0.2, -0.15) is 0 Å². The molecule has 5 nitrogen and oxygen atoms in total. The smallest absolute Gasteiger partial charge is 0.120 e. The van der Waals surface area contributed by atoms with Crippen molar-refractivity contribution >= 4 is 0 Å². The van der Waals surface area contributed by atoms with Gasteiger partial charge in [0.05, 0.1) is 25.7 Å². The van der Waals surface area contributed by atoms with E-state index >= 15 is 0 Å². The summed E-state index contributed by atoms with van der Waals surface area (Å²) in [6.45, 7) is 3.86. The van der Waals surface area contributed by atoms with Gasteiger partial charge < -0.3 is 24.4 Å². The highest BCUT2D eigenvalue weighted by Gasteiger charge is 2.01. The molecule has 0 fully saturated rings. The van der Waals surface area contributed by atoms with Crippen LogP contribution in [0.5, 0.6) is 11.5 Å². The Morgan fingerprint density at radius 3 is 1.41 bits per heavy atom. The highest BCUT2D eigenvalue weighted by atomic mass is 16.5. The molecule has 2 rings (SSSR count). The number of ether oxygens (including phenoxy) is 3. The Labute approximate surface area is 160 Å². The minimum atomic E-state index is -0.155. The van der Waals surface area contributed by atoms with Gasteiger partial charge in [0.1, 0.15) is 23.7 Å². The lowest BCUT2D eigenvalue weighted by Gasteiger charge is -2.11. The van der Waals surface area contributed by atoms with Crippen molar-refractivity contribution < 1.29 is 24.4 Å². The molecule has 2 atom stereocenters. The third-order valence-corrected chi connectivity index (χ3v) is 3.71. The van der Waals surface area contributed by atoms with Crippen LogP contribution < -0.4 is 9.47 Å². The summed E-state index contributed by atoms with van der Waals surface area (Å²) in [5.74, 6) is 1.46. The number of benzene rings is 2. The summed E-state index contributed by atoms with van der Waals surface area (Å²) in [4.78, 5) is 0. The van der Waals surface area contributed by atoms with Crippen LogP contribution in [0, 0.1) is 0 Å². The molecule has 0 heterocycles. The number of aliphatic hydroxyl groups excluding tert-OH is 2. The molecular formula is C22H26O5. The molecule has 0 aliphatic heterocycles. The maximum atomic E-state index is 9.03. The average Bonchev–Trinajstić information content (AvgIpc) is 2.69. The van der Waals surface area contributed by atoms with Crippen LogP contribution in [0.3, 0.4) is 0 Å². The molecular weight excluding hydrogens is 344 g/mol. The number of hydrogen-bond acceptors (Lipinski definition) is 5. The lowest BCUT2D eigenvalue weighted by atomic mass is 10.2. The first-order valence-electron chi connectivity index (χ1n) is 8.82. The van der Waals surface area contributed by atoms with E-state index in [2.05, 4.69) is 0 Å². The molecule has 2 unspecified atom stereocenters. The van der Waals surface area contributed by atoms with Gasteiger partial charge in [0.2, 0.25) is 0 Å². The molecule has 5 heteroatoms. The Balaban J connectivity index is 1.71. The summed E-state index contributed by atoms with van der Waals surface area (Å²) < 4.78 is 16.8. The van der Waals surface area contributed by atoms with Gasteiger partial charge in [-0.1, -0.05) is 24.3 Å². The summed E-state index contributed by atoms with van der Waals surface area (Å²) in [6.07, 6.45) is 6.40. The average molecular weight is 370 g/mol. The van der Waals surface area contributed by atoms with E-state index in [1.807, 2.05) is 62.4 Å². The van der Waals surface area contributed by atoms with Gasteiger partial charge in [0.25, 0.3) is 0 Å². The minimum absolute atomic E-state index is 0.0199. The molecule has 0 aliphatic rings. The first-order valence-corrected chi connectivity index (χ1v) is 8.82. The molecule has 0 aliphatic carbocycles. The Kier molecular flexibility index (Phi) is 8.42. The van der Waals surface area contributed by atoms with Gasteiger partial charge in [-0.3, -0.25) is 0 Å². The zero-order chi connectivity index (χ0) is 19.5. The molecule has 144 valence electrons. The molecule has 2 aromatic carbocycles. The van der Waals surface area contributed by atoms with Crippen molar-refractivity contribution in [3.63, 3.8) is 0 Å². The first kappa shape index (κ1) is 20.6. The monoisotopic (exact) mass is 370 g/mol. The minimum Gasteiger partial charge on any atom is -0.487 e. The van der Waals surface area contributed by atoms with E-state index in [-0.39, 0.29) is 25.4 Å². The van der Waals surface area contributed by atoms with Crippen LogP contribution in [0.15, 0.2) is 73.2 Å². The van der Waals surface area contributed by atoms with Crippen LogP contribution in [0.2, 0.25) is 0 Å². The second-order valence-corrected chi connectivity index (χ2v) is 6.04. The molecule has 0 saturated heterocycles. The highest BCUT2D eigenvalue weighted by Crippen LogP contribution is 2.15. The predicted molar refractivity (Wildman–Crippen MR) is 104 cm³/mol. The van der Waals surface area contributed by atoms with Crippen molar-refractivity contribution in [2.45, 2.75) is 39.3 Å². The van der Waals surface area contributed by atoms with Crippen molar-refractivity contribution in [1.29, 1.82) is 0 Å². The molecule has 0 radical (unpaired) electrons. The maximum Gasteiger partial charge on any atom is 0.120 e. The van der Waals surface area contributed by atoms with Gasteiger partial charge in [0.15, 0.2) is 0 Å². The van der Waals surface area contributed by atoms with Gasteiger partial charge >= 0.3 is 0 Å². The zero-order valence-electron chi connectivity index (χ0n) is 15.6. The van der Waals surface area contributed by atoms with Gasteiger partial charge in [0, 0.05) is 0 Å². The van der Waals surface area contributed by atoms with Crippen LogP contribution in [-0.4, -0.2) is 22.4 Å². The summed E-state index contributed by atoms with van der Waals surface area (Å²) >= 11 is 0. The van der Waals surface area contributed by atoms with Gasteiger partial charge in [-0.25, -0.2) is 0 Å². The number of rotatable bonds is 10. The summed E-state index contributed by atoms with van der Waals surface area (Å²) in [6, 6.07) is 14.6. The molecule has 27 heavy (non-hydrogen) atoms. The molecule has 0 bridgehead atoms. The molecule has 2 N–H and O–H groups in total. The SMILES string of the molecule is CC(/C=C/O/C=C/C(C)Oc1ccc(CO)cc1)Oc1ccc(CO)cc1.